The van der Waals surface area contributed by atoms with Crippen LogP contribution in [0.3, 0.4) is 0 Å². The van der Waals surface area contributed by atoms with Gasteiger partial charge in [0.1, 0.15) is 11.5 Å². The van der Waals surface area contributed by atoms with Crippen molar-refractivity contribution in [2.24, 2.45) is 0 Å². The molecule has 0 aliphatic carbocycles. The van der Waals surface area contributed by atoms with E-state index in [1.165, 1.54) is 6.07 Å². The van der Waals surface area contributed by atoms with Gasteiger partial charge in [-0.1, -0.05) is 0 Å². The highest BCUT2D eigenvalue weighted by Gasteiger charge is 2.06. The van der Waals surface area contributed by atoms with Gasteiger partial charge in [0.25, 0.3) is 0 Å². The molecule has 0 fully saturated rings. The van der Waals surface area contributed by atoms with Gasteiger partial charge in [0.05, 0.1) is 0 Å². The minimum atomic E-state index is -0.935. The van der Waals surface area contributed by atoms with Crippen molar-refractivity contribution < 1.29 is 13.5 Å². The van der Waals surface area contributed by atoms with E-state index in [1.807, 2.05) is 6.92 Å². The summed E-state index contributed by atoms with van der Waals surface area (Å²) in [7, 11) is 0. The van der Waals surface area contributed by atoms with Crippen molar-refractivity contribution in [3.8, 4) is 11.5 Å². The van der Waals surface area contributed by atoms with Gasteiger partial charge in [0.2, 0.25) is 0 Å². The number of nitrogens with two attached hydrogens (primary N) is 1. The smallest absolute Gasteiger partial charge is 0.162 e. The molecule has 0 aliphatic rings. The number of ether oxygens (including phenoxy) is 1. The van der Waals surface area contributed by atoms with Crippen molar-refractivity contribution in [3.63, 3.8) is 0 Å². The summed E-state index contributed by atoms with van der Waals surface area (Å²) in [5, 5.41) is 0. The van der Waals surface area contributed by atoms with Gasteiger partial charge < -0.3 is 10.5 Å². The van der Waals surface area contributed by atoms with E-state index < -0.39 is 11.6 Å². The Kier molecular flexibility index (Phi) is 2.95. The molecule has 17 heavy (non-hydrogen) atoms. The third-order valence-corrected chi connectivity index (χ3v) is 2.32. The van der Waals surface area contributed by atoms with Crippen LogP contribution in [0, 0.1) is 18.6 Å². The van der Waals surface area contributed by atoms with Crippen LogP contribution in [-0.2, 0) is 0 Å². The quantitative estimate of drug-likeness (QED) is 0.806. The van der Waals surface area contributed by atoms with Crippen LogP contribution >= 0.6 is 0 Å². The molecule has 0 radical (unpaired) electrons. The normalized spacial score (nSPS) is 10.3. The minimum absolute atomic E-state index is 0.247. The van der Waals surface area contributed by atoms with Crippen LogP contribution in [-0.4, -0.2) is 0 Å². The van der Waals surface area contributed by atoms with E-state index in [1.54, 1.807) is 18.2 Å². The Morgan fingerprint density at radius 1 is 1.00 bits per heavy atom. The van der Waals surface area contributed by atoms with Crippen LogP contribution in [0.1, 0.15) is 5.56 Å². The zero-order valence-electron chi connectivity index (χ0n) is 9.21. The molecule has 4 heteroatoms. The van der Waals surface area contributed by atoms with E-state index in [0.29, 0.717) is 11.4 Å². The fraction of sp³-hybridized carbons (Fsp3) is 0.0769. The zero-order chi connectivity index (χ0) is 12.4. The summed E-state index contributed by atoms with van der Waals surface area (Å²) in [6.45, 7) is 1.82. The number of anilines is 1. The Bertz CT molecular complexity index is 555. The Hall–Kier alpha value is -2.10. The second-order valence-electron chi connectivity index (χ2n) is 3.70. The number of hydrogen-bond acceptors (Lipinski definition) is 2. The van der Waals surface area contributed by atoms with Crippen molar-refractivity contribution >= 4 is 5.69 Å². The molecule has 0 aliphatic heterocycles. The second-order valence-corrected chi connectivity index (χ2v) is 3.70. The molecule has 0 saturated carbocycles. The summed E-state index contributed by atoms with van der Waals surface area (Å²) < 4.78 is 31.1. The van der Waals surface area contributed by atoms with Gasteiger partial charge in [-0.15, -0.1) is 0 Å². The van der Waals surface area contributed by atoms with Gasteiger partial charge >= 0.3 is 0 Å². The van der Waals surface area contributed by atoms with Crippen LogP contribution in [0.25, 0.3) is 0 Å². The highest BCUT2D eigenvalue weighted by atomic mass is 19.2. The molecule has 88 valence electrons. The lowest BCUT2D eigenvalue weighted by molar-refractivity contribution is 0.459. The zero-order valence-corrected chi connectivity index (χ0v) is 9.21. The fourth-order valence-corrected chi connectivity index (χ4v) is 1.45. The molecular formula is C13H11F2NO. The number of nitrogen functional groups attached to an aromatic ring is 1. The molecule has 0 atom stereocenters. The molecule has 0 spiro atoms. The molecule has 2 aromatic carbocycles. The number of rotatable bonds is 2. The highest BCUT2D eigenvalue weighted by Crippen LogP contribution is 2.27. The van der Waals surface area contributed by atoms with Crippen molar-refractivity contribution in [3.05, 3.63) is 53.6 Å². The lowest BCUT2D eigenvalue weighted by Gasteiger charge is -2.09. The van der Waals surface area contributed by atoms with Crippen LogP contribution < -0.4 is 10.5 Å². The van der Waals surface area contributed by atoms with E-state index in [-0.39, 0.29) is 5.75 Å². The molecule has 0 unspecified atom stereocenters. The summed E-state index contributed by atoms with van der Waals surface area (Å²) >= 11 is 0. The first-order valence-electron chi connectivity index (χ1n) is 5.05. The van der Waals surface area contributed by atoms with Crippen molar-refractivity contribution in [2.45, 2.75) is 6.92 Å². The van der Waals surface area contributed by atoms with Gasteiger partial charge in [-0.3, -0.25) is 0 Å². The molecule has 0 amide bonds. The third-order valence-electron chi connectivity index (χ3n) is 2.32. The molecule has 0 aromatic heterocycles. The van der Waals surface area contributed by atoms with Crippen LogP contribution in [0.2, 0.25) is 0 Å². The molecule has 2 nitrogen and oxygen atoms in total. The summed E-state index contributed by atoms with van der Waals surface area (Å²) in [5.41, 5.74) is 7.05. The number of aryl methyl sites for hydroxylation is 1. The summed E-state index contributed by atoms with van der Waals surface area (Å²) in [6.07, 6.45) is 0. The first kappa shape index (κ1) is 11.4. The van der Waals surface area contributed by atoms with E-state index in [9.17, 15) is 8.78 Å². The van der Waals surface area contributed by atoms with Crippen molar-refractivity contribution in [2.75, 3.05) is 5.73 Å². The lowest BCUT2D eigenvalue weighted by Crippen LogP contribution is -1.92. The van der Waals surface area contributed by atoms with E-state index >= 15 is 0 Å². The molecular weight excluding hydrogens is 224 g/mol. The topological polar surface area (TPSA) is 35.2 Å². The molecule has 0 bridgehead atoms. The maximum Gasteiger partial charge on any atom is 0.162 e. The van der Waals surface area contributed by atoms with Gasteiger partial charge in [-0.25, -0.2) is 8.78 Å². The van der Waals surface area contributed by atoms with Crippen LogP contribution in [0.15, 0.2) is 36.4 Å². The average Bonchev–Trinajstić information content (AvgIpc) is 2.27. The van der Waals surface area contributed by atoms with Crippen molar-refractivity contribution in [1.82, 2.24) is 0 Å². The summed E-state index contributed by atoms with van der Waals surface area (Å²) in [4.78, 5) is 0. The molecule has 2 N–H and O–H groups in total. The van der Waals surface area contributed by atoms with Gasteiger partial charge in [0, 0.05) is 11.8 Å². The highest BCUT2D eigenvalue weighted by molar-refractivity contribution is 5.48. The predicted molar refractivity (Wildman–Crippen MR) is 62.0 cm³/mol. The summed E-state index contributed by atoms with van der Waals surface area (Å²) in [6, 6.07) is 8.51. The first-order valence-corrected chi connectivity index (χ1v) is 5.05. The Morgan fingerprint density at radius 2 is 1.76 bits per heavy atom. The number of benzene rings is 2. The third kappa shape index (κ3) is 2.53. The maximum absolute atomic E-state index is 13.0. The molecule has 2 aromatic rings. The minimum Gasteiger partial charge on any atom is -0.457 e. The SMILES string of the molecule is Cc1cc(N)ccc1Oc1ccc(F)c(F)c1. The van der Waals surface area contributed by atoms with E-state index in [4.69, 9.17) is 10.5 Å². The lowest BCUT2D eigenvalue weighted by atomic mass is 10.2. The molecule has 0 heterocycles. The summed E-state index contributed by atoms with van der Waals surface area (Å²) in [5.74, 6) is -1.02. The Balaban J connectivity index is 2.28. The Morgan fingerprint density at radius 3 is 2.41 bits per heavy atom. The van der Waals surface area contributed by atoms with Gasteiger partial charge in [-0.2, -0.15) is 0 Å². The molecule has 2 rings (SSSR count). The number of halogens is 2. The predicted octanol–water partition coefficient (Wildman–Crippen LogP) is 3.65. The first-order chi connectivity index (χ1) is 8.06. The second kappa shape index (κ2) is 4.41. The maximum atomic E-state index is 13.0. The fourth-order valence-electron chi connectivity index (χ4n) is 1.45. The van der Waals surface area contributed by atoms with Gasteiger partial charge in [-0.05, 0) is 42.8 Å². The van der Waals surface area contributed by atoms with E-state index in [2.05, 4.69) is 0 Å². The monoisotopic (exact) mass is 235 g/mol. The number of hydrogen-bond donors (Lipinski definition) is 1. The Labute approximate surface area is 97.6 Å². The largest absolute Gasteiger partial charge is 0.457 e. The average molecular weight is 235 g/mol. The molecule has 0 saturated heterocycles. The van der Waals surface area contributed by atoms with Crippen LogP contribution in [0.5, 0.6) is 11.5 Å². The van der Waals surface area contributed by atoms with Crippen LogP contribution in [0.4, 0.5) is 14.5 Å². The van der Waals surface area contributed by atoms with E-state index in [0.717, 1.165) is 17.7 Å². The van der Waals surface area contributed by atoms with Crippen molar-refractivity contribution in [1.29, 1.82) is 0 Å². The van der Waals surface area contributed by atoms with Gasteiger partial charge in [0.15, 0.2) is 11.6 Å². The standard InChI is InChI=1S/C13H11F2NO/c1-8-6-9(16)2-5-13(8)17-10-3-4-11(14)12(15)7-10/h2-7H,16H2,1H3.